The van der Waals surface area contributed by atoms with Crippen LogP contribution < -0.4 is 10.6 Å². The molecule has 0 spiro atoms. The second-order valence-electron chi connectivity index (χ2n) is 3.91. The van der Waals surface area contributed by atoms with Crippen molar-refractivity contribution in [1.82, 2.24) is 4.98 Å². The van der Waals surface area contributed by atoms with Gasteiger partial charge in [0.1, 0.15) is 5.82 Å². The van der Waals surface area contributed by atoms with Crippen molar-refractivity contribution in [3.63, 3.8) is 0 Å². The number of aromatic nitrogens is 1. The van der Waals surface area contributed by atoms with Crippen LogP contribution >= 0.6 is 0 Å². The number of nitrogens with zero attached hydrogens (tertiary/aromatic N) is 2. The molecule has 2 aromatic rings. The molecule has 0 unspecified atom stereocenters. The number of benzene rings is 1. The maximum absolute atomic E-state index is 5.55. The molecule has 0 aliphatic carbocycles. The van der Waals surface area contributed by atoms with E-state index in [2.05, 4.69) is 34.1 Å². The predicted molar refractivity (Wildman–Crippen MR) is 68.4 cm³/mol. The quantitative estimate of drug-likeness (QED) is 0.833. The van der Waals surface area contributed by atoms with Crippen LogP contribution in [0.15, 0.2) is 42.6 Å². The molecule has 1 aromatic heterocycles. The van der Waals surface area contributed by atoms with E-state index in [1.807, 2.05) is 26.2 Å². The van der Waals surface area contributed by atoms with Crippen LogP contribution in [0, 0.1) is 0 Å². The van der Waals surface area contributed by atoms with Crippen molar-refractivity contribution in [2.75, 3.05) is 24.7 Å². The molecule has 0 radical (unpaired) electrons. The van der Waals surface area contributed by atoms with Crippen molar-refractivity contribution in [3.8, 4) is 11.1 Å². The summed E-state index contributed by atoms with van der Waals surface area (Å²) < 4.78 is 0. The molecule has 0 atom stereocenters. The van der Waals surface area contributed by atoms with E-state index in [-0.39, 0.29) is 0 Å². The number of hydrogen-bond donors (Lipinski definition) is 1. The second-order valence-corrected chi connectivity index (χ2v) is 3.91. The molecular weight excluding hydrogens is 198 g/mol. The van der Waals surface area contributed by atoms with Gasteiger partial charge in [0.2, 0.25) is 0 Å². The molecule has 0 saturated heterocycles. The third-order valence-corrected chi connectivity index (χ3v) is 2.50. The molecule has 0 amide bonds. The Morgan fingerprint density at radius 3 is 2.06 bits per heavy atom. The Morgan fingerprint density at radius 2 is 1.56 bits per heavy atom. The normalized spacial score (nSPS) is 10.1. The van der Waals surface area contributed by atoms with Crippen LogP contribution in [0.1, 0.15) is 0 Å². The van der Waals surface area contributed by atoms with E-state index in [1.54, 1.807) is 6.20 Å². The zero-order chi connectivity index (χ0) is 11.5. The molecule has 2 rings (SSSR count). The summed E-state index contributed by atoms with van der Waals surface area (Å²) in [5.41, 5.74) is 8.97. The first-order chi connectivity index (χ1) is 7.66. The minimum Gasteiger partial charge on any atom is -0.384 e. The maximum Gasteiger partial charge on any atom is 0.123 e. The fourth-order valence-corrected chi connectivity index (χ4v) is 1.53. The van der Waals surface area contributed by atoms with Gasteiger partial charge in [-0.25, -0.2) is 4.98 Å². The smallest absolute Gasteiger partial charge is 0.123 e. The minimum absolute atomic E-state index is 0.550. The lowest BCUT2D eigenvalue weighted by Gasteiger charge is -2.12. The fourth-order valence-electron chi connectivity index (χ4n) is 1.53. The summed E-state index contributed by atoms with van der Waals surface area (Å²) in [6, 6.07) is 12.1. The monoisotopic (exact) mass is 213 g/mol. The molecule has 0 aliphatic heterocycles. The predicted octanol–water partition coefficient (Wildman–Crippen LogP) is 2.40. The summed E-state index contributed by atoms with van der Waals surface area (Å²) in [4.78, 5) is 6.15. The molecule has 3 nitrogen and oxygen atoms in total. The highest BCUT2D eigenvalue weighted by atomic mass is 15.1. The Bertz CT molecular complexity index is 458. The first-order valence-electron chi connectivity index (χ1n) is 5.16. The Labute approximate surface area is 95.5 Å². The third-order valence-electron chi connectivity index (χ3n) is 2.50. The van der Waals surface area contributed by atoms with Gasteiger partial charge in [0.05, 0.1) is 0 Å². The number of anilines is 2. The molecule has 16 heavy (non-hydrogen) atoms. The first-order valence-corrected chi connectivity index (χ1v) is 5.16. The third kappa shape index (κ3) is 2.14. The van der Waals surface area contributed by atoms with Crippen LogP contribution in [0.2, 0.25) is 0 Å². The lowest BCUT2D eigenvalue weighted by molar-refractivity contribution is 1.13. The average molecular weight is 213 g/mol. The van der Waals surface area contributed by atoms with Crippen LogP contribution in [0.4, 0.5) is 11.5 Å². The van der Waals surface area contributed by atoms with Crippen LogP contribution in [-0.4, -0.2) is 19.1 Å². The highest BCUT2D eigenvalue weighted by Crippen LogP contribution is 2.21. The van der Waals surface area contributed by atoms with Gasteiger partial charge in [-0.15, -0.1) is 0 Å². The van der Waals surface area contributed by atoms with Gasteiger partial charge in [-0.05, 0) is 29.8 Å². The van der Waals surface area contributed by atoms with Crippen molar-refractivity contribution in [1.29, 1.82) is 0 Å². The molecule has 0 aliphatic rings. The van der Waals surface area contributed by atoms with Gasteiger partial charge < -0.3 is 10.6 Å². The molecule has 0 saturated carbocycles. The van der Waals surface area contributed by atoms with E-state index in [9.17, 15) is 0 Å². The zero-order valence-corrected chi connectivity index (χ0v) is 9.51. The number of nitrogens with two attached hydrogens (primary N) is 1. The van der Waals surface area contributed by atoms with E-state index >= 15 is 0 Å². The summed E-state index contributed by atoms with van der Waals surface area (Å²) in [7, 11) is 4.06. The Hall–Kier alpha value is -2.03. The lowest BCUT2D eigenvalue weighted by atomic mass is 10.1. The van der Waals surface area contributed by atoms with E-state index in [0.29, 0.717) is 5.82 Å². The molecule has 2 N–H and O–H groups in total. The van der Waals surface area contributed by atoms with E-state index < -0.39 is 0 Å². The number of rotatable bonds is 2. The van der Waals surface area contributed by atoms with Gasteiger partial charge in [-0.2, -0.15) is 0 Å². The second kappa shape index (κ2) is 4.23. The van der Waals surface area contributed by atoms with Crippen molar-refractivity contribution in [3.05, 3.63) is 42.6 Å². The van der Waals surface area contributed by atoms with Crippen molar-refractivity contribution in [2.24, 2.45) is 0 Å². The maximum atomic E-state index is 5.55. The van der Waals surface area contributed by atoms with Gasteiger partial charge in [-0.1, -0.05) is 12.1 Å². The highest BCUT2D eigenvalue weighted by molar-refractivity contribution is 5.66. The highest BCUT2D eigenvalue weighted by Gasteiger charge is 1.99. The standard InChI is InChI=1S/C13H15N3/c1-16(2)12-6-3-10(4-7-12)11-5-8-13(14)15-9-11/h3-9H,1-2H3,(H2,14,15). The van der Waals surface area contributed by atoms with Gasteiger partial charge in [0.15, 0.2) is 0 Å². The Morgan fingerprint density at radius 1 is 0.938 bits per heavy atom. The van der Waals surface area contributed by atoms with Gasteiger partial charge in [0, 0.05) is 31.5 Å². The first kappa shape index (κ1) is 10.5. The van der Waals surface area contributed by atoms with E-state index in [1.165, 1.54) is 5.69 Å². The van der Waals surface area contributed by atoms with E-state index in [4.69, 9.17) is 5.73 Å². The fraction of sp³-hybridized carbons (Fsp3) is 0.154. The summed E-state index contributed by atoms with van der Waals surface area (Å²) in [6.45, 7) is 0. The van der Waals surface area contributed by atoms with Gasteiger partial charge >= 0.3 is 0 Å². The van der Waals surface area contributed by atoms with Gasteiger partial charge in [0.25, 0.3) is 0 Å². The molecule has 1 heterocycles. The summed E-state index contributed by atoms with van der Waals surface area (Å²) >= 11 is 0. The topological polar surface area (TPSA) is 42.1 Å². The molecule has 0 bridgehead atoms. The number of pyridine rings is 1. The summed E-state index contributed by atoms with van der Waals surface area (Å²) in [5.74, 6) is 0.550. The number of hydrogen-bond acceptors (Lipinski definition) is 3. The van der Waals surface area contributed by atoms with Crippen LogP contribution in [0.3, 0.4) is 0 Å². The minimum atomic E-state index is 0.550. The van der Waals surface area contributed by atoms with Crippen LogP contribution in [0.5, 0.6) is 0 Å². The van der Waals surface area contributed by atoms with Gasteiger partial charge in [-0.3, -0.25) is 0 Å². The Balaban J connectivity index is 2.31. The summed E-state index contributed by atoms with van der Waals surface area (Å²) in [5, 5.41) is 0. The molecule has 3 heteroatoms. The largest absolute Gasteiger partial charge is 0.384 e. The molecule has 1 aromatic carbocycles. The van der Waals surface area contributed by atoms with Crippen LogP contribution in [-0.2, 0) is 0 Å². The van der Waals surface area contributed by atoms with E-state index in [0.717, 1.165) is 11.1 Å². The van der Waals surface area contributed by atoms with Crippen molar-refractivity contribution >= 4 is 11.5 Å². The van der Waals surface area contributed by atoms with Crippen molar-refractivity contribution < 1.29 is 0 Å². The molecule has 0 fully saturated rings. The lowest BCUT2D eigenvalue weighted by Crippen LogP contribution is -2.07. The van der Waals surface area contributed by atoms with Crippen LogP contribution in [0.25, 0.3) is 11.1 Å². The average Bonchev–Trinajstić information content (AvgIpc) is 2.30. The summed E-state index contributed by atoms with van der Waals surface area (Å²) in [6.07, 6.45) is 1.79. The molecular formula is C13H15N3. The molecule has 82 valence electrons. The Kier molecular flexibility index (Phi) is 2.77. The SMILES string of the molecule is CN(C)c1ccc(-c2ccc(N)nc2)cc1. The zero-order valence-electron chi connectivity index (χ0n) is 9.51. The number of nitrogen functional groups attached to an aromatic ring is 1. The van der Waals surface area contributed by atoms with Crippen molar-refractivity contribution in [2.45, 2.75) is 0 Å².